The van der Waals surface area contributed by atoms with E-state index in [1.54, 1.807) is 29.2 Å². The average molecular weight is 422 g/mol. The van der Waals surface area contributed by atoms with Crippen molar-refractivity contribution in [3.63, 3.8) is 0 Å². The number of para-hydroxylation sites is 2. The van der Waals surface area contributed by atoms with Crippen molar-refractivity contribution in [3.05, 3.63) is 60.2 Å². The van der Waals surface area contributed by atoms with Gasteiger partial charge in [0.15, 0.2) is 0 Å². The van der Waals surface area contributed by atoms with E-state index in [1.165, 1.54) is 0 Å². The molecule has 0 aromatic heterocycles. The van der Waals surface area contributed by atoms with Crippen LogP contribution in [-0.4, -0.2) is 72.9 Å². The van der Waals surface area contributed by atoms with Crippen LogP contribution >= 0.6 is 0 Å². The van der Waals surface area contributed by atoms with Crippen LogP contribution in [0.15, 0.2) is 54.6 Å². The first-order valence-electron chi connectivity index (χ1n) is 10.5. The van der Waals surface area contributed by atoms with E-state index in [0.29, 0.717) is 30.9 Å². The summed E-state index contributed by atoms with van der Waals surface area (Å²) in [7, 11) is 0. The van der Waals surface area contributed by atoms with Crippen molar-refractivity contribution in [2.45, 2.75) is 12.5 Å². The molecule has 1 fully saturated rings. The summed E-state index contributed by atoms with van der Waals surface area (Å²) in [6, 6.07) is 15.6. The lowest BCUT2D eigenvalue weighted by atomic mass is 10.1. The number of carbonyl (C=O) groups is 3. The number of amides is 3. The molecule has 3 amide bonds. The molecule has 2 aliphatic rings. The van der Waals surface area contributed by atoms with Gasteiger partial charge in [-0.25, -0.2) is 0 Å². The Morgan fingerprint density at radius 1 is 0.968 bits per heavy atom. The number of rotatable bonds is 6. The van der Waals surface area contributed by atoms with Crippen LogP contribution in [0.4, 0.5) is 5.69 Å². The smallest absolute Gasteiger partial charge is 0.254 e. The number of carbonyl (C=O) groups excluding carboxylic acids is 3. The van der Waals surface area contributed by atoms with Crippen molar-refractivity contribution < 1.29 is 19.1 Å². The van der Waals surface area contributed by atoms with Crippen molar-refractivity contribution in [1.82, 2.24) is 15.1 Å². The molecule has 1 atom stereocenters. The fraction of sp³-hybridized carbons (Fsp3) is 0.348. The second-order valence-electron chi connectivity index (χ2n) is 7.65. The predicted molar refractivity (Wildman–Crippen MR) is 116 cm³/mol. The first kappa shape index (κ1) is 20.9. The van der Waals surface area contributed by atoms with Gasteiger partial charge in [-0.15, -0.1) is 0 Å². The number of fused-ring (bicyclic) bond motifs is 1. The van der Waals surface area contributed by atoms with Gasteiger partial charge in [-0.05, 0) is 24.3 Å². The van der Waals surface area contributed by atoms with Gasteiger partial charge in [0.1, 0.15) is 18.4 Å². The van der Waals surface area contributed by atoms with Crippen LogP contribution in [0, 0.1) is 0 Å². The molecule has 2 aliphatic heterocycles. The molecule has 0 spiro atoms. The number of ether oxygens (including phenoxy) is 1. The third-order valence-corrected chi connectivity index (χ3v) is 5.57. The third kappa shape index (κ3) is 5.21. The molecule has 4 rings (SSSR count). The van der Waals surface area contributed by atoms with Gasteiger partial charge in [-0.2, -0.15) is 0 Å². The Hall–Kier alpha value is -3.39. The number of anilines is 1. The van der Waals surface area contributed by atoms with Gasteiger partial charge in [0.2, 0.25) is 11.8 Å². The van der Waals surface area contributed by atoms with Crippen LogP contribution in [0.1, 0.15) is 16.8 Å². The second-order valence-corrected chi connectivity index (χ2v) is 7.65. The number of benzene rings is 2. The molecule has 0 bridgehead atoms. The normalized spacial score (nSPS) is 19.1. The third-order valence-electron chi connectivity index (χ3n) is 5.57. The van der Waals surface area contributed by atoms with E-state index in [4.69, 9.17) is 4.74 Å². The van der Waals surface area contributed by atoms with E-state index < -0.39 is 6.04 Å². The van der Waals surface area contributed by atoms with Gasteiger partial charge in [-0.1, -0.05) is 30.3 Å². The minimum Gasteiger partial charge on any atom is -0.492 e. The summed E-state index contributed by atoms with van der Waals surface area (Å²) in [4.78, 5) is 41.7. The van der Waals surface area contributed by atoms with Crippen molar-refractivity contribution in [2.24, 2.45) is 0 Å². The van der Waals surface area contributed by atoms with Gasteiger partial charge in [0, 0.05) is 32.7 Å². The fourth-order valence-corrected chi connectivity index (χ4v) is 3.79. The Kier molecular flexibility index (Phi) is 6.47. The molecular formula is C23H26N4O4. The molecule has 2 aromatic rings. The molecule has 8 nitrogen and oxygen atoms in total. The molecule has 2 aromatic carbocycles. The quantitative estimate of drug-likeness (QED) is 0.734. The second kappa shape index (κ2) is 9.61. The van der Waals surface area contributed by atoms with E-state index in [1.807, 2.05) is 30.3 Å². The summed E-state index contributed by atoms with van der Waals surface area (Å²) in [6.07, 6.45) is -0.0529. The first-order chi connectivity index (χ1) is 15.1. The van der Waals surface area contributed by atoms with E-state index in [0.717, 1.165) is 25.4 Å². The lowest BCUT2D eigenvalue weighted by molar-refractivity contribution is -0.135. The number of hydrogen-bond acceptors (Lipinski definition) is 5. The van der Waals surface area contributed by atoms with E-state index >= 15 is 0 Å². The Balaban J connectivity index is 1.24. The van der Waals surface area contributed by atoms with Gasteiger partial charge in [0.25, 0.3) is 5.91 Å². The van der Waals surface area contributed by atoms with E-state index in [-0.39, 0.29) is 24.1 Å². The molecule has 0 aliphatic carbocycles. The van der Waals surface area contributed by atoms with Gasteiger partial charge < -0.3 is 20.3 Å². The lowest BCUT2D eigenvalue weighted by Gasteiger charge is -2.35. The molecule has 0 saturated carbocycles. The zero-order valence-electron chi connectivity index (χ0n) is 17.3. The molecule has 1 saturated heterocycles. The predicted octanol–water partition coefficient (Wildman–Crippen LogP) is 1.35. The maximum absolute atomic E-state index is 12.8. The summed E-state index contributed by atoms with van der Waals surface area (Å²) in [5.41, 5.74) is 0.864. The minimum atomic E-state index is -0.885. The molecule has 2 N–H and O–H groups in total. The number of hydrogen-bond donors (Lipinski definition) is 2. The highest BCUT2D eigenvalue weighted by Crippen LogP contribution is 2.19. The van der Waals surface area contributed by atoms with Crippen LogP contribution in [0.5, 0.6) is 5.75 Å². The zero-order chi connectivity index (χ0) is 21.6. The van der Waals surface area contributed by atoms with Crippen LogP contribution in [0.2, 0.25) is 0 Å². The molecule has 0 unspecified atom stereocenters. The van der Waals surface area contributed by atoms with Crippen molar-refractivity contribution in [1.29, 1.82) is 0 Å². The highest BCUT2D eigenvalue weighted by atomic mass is 16.5. The summed E-state index contributed by atoms with van der Waals surface area (Å²) in [6.45, 7) is 4.06. The zero-order valence-corrected chi connectivity index (χ0v) is 17.3. The molecule has 8 heteroatoms. The molecule has 31 heavy (non-hydrogen) atoms. The maximum atomic E-state index is 12.8. The fourth-order valence-electron chi connectivity index (χ4n) is 3.79. The molecule has 162 valence electrons. The van der Waals surface area contributed by atoms with Gasteiger partial charge in [-0.3, -0.25) is 19.3 Å². The summed E-state index contributed by atoms with van der Waals surface area (Å²) in [5.74, 6) is -0.00730. The highest BCUT2D eigenvalue weighted by molar-refractivity contribution is 6.10. The first-order valence-corrected chi connectivity index (χ1v) is 10.5. The Labute approximate surface area is 181 Å². The minimum absolute atomic E-state index is 0.0529. The summed E-state index contributed by atoms with van der Waals surface area (Å²) < 4.78 is 5.74. The van der Waals surface area contributed by atoms with E-state index in [9.17, 15) is 14.4 Å². The van der Waals surface area contributed by atoms with Crippen molar-refractivity contribution >= 4 is 23.4 Å². The van der Waals surface area contributed by atoms with Gasteiger partial charge in [0.05, 0.1) is 17.7 Å². The van der Waals surface area contributed by atoms with Crippen LogP contribution in [0.25, 0.3) is 0 Å². The van der Waals surface area contributed by atoms with Crippen LogP contribution < -0.4 is 15.4 Å². The monoisotopic (exact) mass is 422 g/mol. The number of piperazine rings is 1. The number of nitrogens with zero attached hydrogens (tertiary/aromatic N) is 2. The summed E-state index contributed by atoms with van der Waals surface area (Å²) >= 11 is 0. The largest absolute Gasteiger partial charge is 0.492 e. The molecule has 2 heterocycles. The van der Waals surface area contributed by atoms with Crippen LogP contribution in [-0.2, 0) is 9.59 Å². The Morgan fingerprint density at radius 2 is 1.68 bits per heavy atom. The SMILES string of the molecule is O=C1N[C@@H](CC(=O)N2CCN(CCOc3ccccc3)CC2)C(=O)Nc2ccccc21. The highest BCUT2D eigenvalue weighted by Gasteiger charge is 2.31. The standard InChI is InChI=1S/C23H26N4O4/c28-21(16-20-23(30)24-19-9-5-4-8-18(19)22(29)25-20)27-12-10-26(11-13-27)14-15-31-17-6-2-1-3-7-17/h1-9,20H,10-16H2,(H,24,30)(H,25,29)/t20-/m0/s1. The summed E-state index contributed by atoms with van der Waals surface area (Å²) in [5, 5.41) is 5.42. The Morgan fingerprint density at radius 3 is 2.45 bits per heavy atom. The van der Waals surface area contributed by atoms with Crippen molar-refractivity contribution in [3.8, 4) is 5.75 Å². The van der Waals surface area contributed by atoms with Crippen LogP contribution in [0.3, 0.4) is 0 Å². The van der Waals surface area contributed by atoms with Crippen molar-refractivity contribution in [2.75, 3.05) is 44.6 Å². The topological polar surface area (TPSA) is 91.0 Å². The number of nitrogens with one attached hydrogen (secondary N) is 2. The molecule has 0 radical (unpaired) electrons. The lowest BCUT2D eigenvalue weighted by Crippen LogP contribution is -2.52. The maximum Gasteiger partial charge on any atom is 0.254 e. The van der Waals surface area contributed by atoms with Gasteiger partial charge >= 0.3 is 0 Å². The Bertz CT molecular complexity index is 942. The van der Waals surface area contributed by atoms with E-state index in [2.05, 4.69) is 15.5 Å². The average Bonchev–Trinajstić information content (AvgIpc) is 2.91. The molecular weight excluding hydrogens is 396 g/mol.